The minimum Gasteiger partial charge on any atom is -0.489 e. The first kappa shape index (κ1) is 19.1. The zero-order valence-corrected chi connectivity index (χ0v) is 18.2. The molecule has 6 heteroatoms. The maximum atomic E-state index is 6.16. The van der Waals surface area contributed by atoms with Gasteiger partial charge in [0.05, 0.1) is 3.57 Å². The molecule has 1 aromatic carbocycles. The summed E-state index contributed by atoms with van der Waals surface area (Å²) in [5.41, 5.74) is 0. The molecular formula is C17H25I2N3O. The van der Waals surface area contributed by atoms with Gasteiger partial charge in [-0.3, -0.25) is 4.99 Å². The first-order valence-corrected chi connectivity index (χ1v) is 9.14. The Morgan fingerprint density at radius 1 is 1.30 bits per heavy atom. The molecule has 0 bridgehead atoms. The molecule has 1 aliphatic carbocycles. The summed E-state index contributed by atoms with van der Waals surface area (Å²) in [6, 6.07) is 8.86. The van der Waals surface area contributed by atoms with Gasteiger partial charge in [0, 0.05) is 39.0 Å². The van der Waals surface area contributed by atoms with Gasteiger partial charge in [-0.05, 0) is 47.1 Å². The molecule has 2 aliphatic rings. The Bertz CT molecular complexity index is 544. The normalized spacial score (nSPS) is 24.8. The summed E-state index contributed by atoms with van der Waals surface area (Å²) in [7, 11) is 1.88. The predicted octanol–water partition coefficient (Wildman–Crippen LogP) is 3.74. The molecule has 1 heterocycles. The third-order valence-corrected chi connectivity index (χ3v) is 5.40. The van der Waals surface area contributed by atoms with E-state index in [2.05, 4.69) is 56.9 Å². The van der Waals surface area contributed by atoms with Crippen LogP contribution in [-0.4, -0.2) is 43.1 Å². The van der Waals surface area contributed by atoms with E-state index in [1.807, 2.05) is 19.2 Å². The van der Waals surface area contributed by atoms with Crippen LogP contribution in [0.25, 0.3) is 0 Å². The van der Waals surface area contributed by atoms with Gasteiger partial charge in [-0.15, -0.1) is 24.0 Å². The monoisotopic (exact) mass is 541 g/mol. The van der Waals surface area contributed by atoms with E-state index >= 15 is 0 Å². The molecule has 4 nitrogen and oxygen atoms in total. The number of benzene rings is 1. The number of halogens is 2. The summed E-state index contributed by atoms with van der Waals surface area (Å²) >= 11 is 2.33. The lowest BCUT2D eigenvalue weighted by Crippen LogP contribution is -2.48. The number of nitrogens with zero attached hydrogens (tertiary/aromatic N) is 2. The molecule has 2 fully saturated rings. The van der Waals surface area contributed by atoms with Gasteiger partial charge in [0.1, 0.15) is 11.9 Å². The summed E-state index contributed by atoms with van der Waals surface area (Å²) in [4.78, 5) is 6.80. The van der Waals surface area contributed by atoms with Crippen molar-refractivity contribution in [3.8, 4) is 5.75 Å². The second kappa shape index (κ2) is 8.73. The number of hydrogen-bond acceptors (Lipinski definition) is 2. The third-order valence-electron chi connectivity index (χ3n) is 4.51. The lowest BCUT2D eigenvalue weighted by Gasteiger charge is -2.34. The minimum atomic E-state index is 0. The Balaban J connectivity index is 0.00000192. The first-order valence-electron chi connectivity index (χ1n) is 8.07. The number of piperidine rings is 1. The van der Waals surface area contributed by atoms with Crippen molar-refractivity contribution < 1.29 is 4.74 Å². The molecule has 1 aliphatic heterocycles. The lowest BCUT2D eigenvalue weighted by molar-refractivity contribution is 0.128. The third kappa shape index (κ3) is 5.11. The van der Waals surface area contributed by atoms with Crippen LogP contribution in [0.3, 0.4) is 0 Å². The van der Waals surface area contributed by atoms with E-state index < -0.39 is 0 Å². The fourth-order valence-electron chi connectivity index (χ4n) is 2.89. The molecular weight excluding hydrogens is 516 g/mol. The molecule has 1 saturated carbocycles. The number of aliphatic imine (C=N–C) groups is 1. The zero-order valence-electron chi connectivity index (χ0n) is 13.7. The number of hydrogen-bond donors (Lipinski definition) is 1. The van der Waals surface area contributed by atoms with Crippen molar-refractivity contribution in [2.75, 3.05) is 20.1 Å². The van der Waals surface area contributed by atoms with Crippen LogP contribution in [0, 0.1) is 9.49 Å². The smallest absolute Gasteiger partial charge is 0.193 e. The second-order valence-electron chi connectivity index (χ2n) is 6.25. The summed E-state index contributed by atoms with van der Waals surface area (Å²) in [6.45, 7) is 4.30. The number of nitrogens with one attached hydrogen (secondary N) is 1. The Morgan fingerprint density at radius 2 is 1.96 bits per heavy atom. The Kier molecular flexibility index (Phi) is 7.24. The molecule has 0 radical (unpaired) electrons. The van der Waals surface area contributed by atoms with Gasteiger partial charge in [0.25, 0.3) is 0 Å². The van der Waals surface area contributed by atoms with Gasteiger partial charge in [0.2, 0.25) is 0 Å². The summed E-state index contributed by atoms with van der Waals surface area (Å²) < 4.78 is 7.35. The lowest BCUT2D eigenvalue weighted by atomic mass is 10.1. The molecule has 23 heavy (non-hydrogen) atoms. The van der Waals surface area contributed by atoms with E-state index in [-0.39, 0.29) is 24.0 Å². The van der Waals surface area contributed by atoms with E-state index in [0.29, 0.717) is 12.1 Å². The molecule has 2 atom stereocenters. The van der Waals surface area contributed by atoms with Gasteiger partial charge in [0.15, 0.2) is 5.96 Å². The van der Waals surface area contributed by atoms with Crippen molar-refractivity contribution in [1.82, 2.24) is 10.2 Å². The van der Waals surface area contributed by atoms with Crippen LogP contribution in [0.5, 0.6) is 5.75 Å². The number of rotatable bonds is 3. The van der Waals surface area contributed by atoms with Crippen LogP contribution in [0.1, 0.15) is 26.2 Å². The molecule has 1 aromatic rings. The molecule has 128 valence electrons. The van der Waals surface area contributed by atoms with Gasteiger partial charge < -0.3 is 15.0 Å². The molecule has 3 rings (SSSR count). The highest BCUT2D eigenvalue weighted by molar-refractivity contribution is 14.1. The van der Waals surface area contributed by atoms with E-state index in [4.69, 9.17) is 4.74 Å². The van der Waals surface area contributed by atoms with E-state index in [9.17, 15) is 0 Å². The predicted molar refractivity (Wildman–Crippen MR) is 114 cm³/mol. The Morgan fingerprint density at radius 3 is 2.52 bits per heavy atom. The van der Waals surface area contributed by atoms with Gasteiger partial charge in [-0.25, -0.2) is 0 Å². The van der Waals surface area contributed by atoms with Crippen LogP contribution >= 0.6 is 46.6 Å². The van der Waals surface area contributed by atoms with E-state index in [1.165, 1.54) is 9.99 Å². The van der Waals surface area contributed by atoms with Crippen molar-refractivity contribution in [2.24, 2.45) is 10.9 Å². The molecule has 2 unspecified atom stereocenters. The molecule has 1 saturated heterocycles. The number of guanidine groups is 1. The SMILES string of the molecule is CN=C(NC1CC1C)N1CCC(Oc2ccccc2I)CC1.I. The fourth-order valence-corrected chi connectivity index (χ4v) is 3.41. The van der Waals surface area contributed by atoms with Crippen LogP contribution < -0.4 is 10.1 Å². The molecule has 0 aromatic heterocycles. The summed E-state index contributed by atoms with van der Waals surface area (Å²) in [6.07, 6.45) is 3.67. The van der Waals surface area contributed by atoms with Crippen molar-refractivity contribution in [2.45, 2.75) is 38.3 Å². The van der Waals surface area contributed by atoms with E-state index in [1.54, 1.807) is 0 Å². The fraction of sp³-hybridized carbons (Fsp3) is 0.588. The van der Waals surface area contributed by atoms with Crippen LogP contribution in [-0.2, 0) is 0 Å². The molecule has 1 N–H and O–H groups in total. The largest absolute Gasteiger partial charge is 0.489 e. The minimum absolute atomic E-state index is 0. The van der Waals surface area contributed by atoms with Crippen molar-refractivity contribution in [3.63, 3.8) is 0 Å². The Hall–Kier alpha value is -0.250. The molecule has 0 spiro atoms. The highest BCUT2D eigenvalue weighted by atomic mass is 127. The highest BCUT2D eigenvalue weighted by Crippen LogP contribution is 2.29. The number of likely N-dealkylation sites (tertiary alicyclic amines) is 1. The van der Waals surface area contributed by atoms with Crippen LogP contribution in [0.15, 0.2) is 29.3 Å². The number of ether oxygens (including phenoxy) is 1. The second-order valence-corrected chi connectivity index (χ2v) is 7.41. The maximum Gasteiger partial charge on any atom is 0.193 e. The summed E-state index contributed by atoms with van der Waals surface area (Å²) in [5.74, 6) is 2.86. The van der Waals surface area contributed by atoms with Crippen molar-refractivity contribution in [1.29, 1.82) is 0 Å². The maximum absolute atomic E-state index is 6.16. The first-order chi connectivity index (χ1) is 10.7. The van der Waals surface area contributed by atoms with Gasteiger partial charge in [-0.1, -0.05) is 19.1 Å². The van der Waals surface area contributed by atoms with Crippen molar-refractivity contribution in [3.05, 3.63) is 27.8 Å². The average Bonchev–Trinajstić information content (AvgIpc) is 3.23. The molecule has 0 amide bonds. The van der Waals surface area contributed by atoms with Gasteiger partial charge in [-0.2, -0.15) is 0 Å². The topological polar surface area (TPSA) is 36.9 Å². The standard InChI is InChI=1S/C17H24IN3O.HI/c1-12-11-15(12)20-17(19-2)21-9-7-13(8-10-21)22-16-6-4-3-5-14(16)18;/h3-6,12-13,15H,7-11H2,1-2H3,(H,19,20);1H. The summed E-state index contributed by atoms with van der Waals surface area (Å²) in [5, 5.41) is 3.57. The number of para-hydroxylation sites is 1. The van der Waals surface area contributed by atoms with E-state index in [0.717, 1.165) is 43.6 Å². The quantitative estimate of drug-likeness (QED) is 0.360. The zero-order chi connectivity index (χ0) is 15.5. The average molecular weight is 541 g/mol. The highest BCUT2D eigenvalue weighted by Gasteiger charge is 2.34. The van der Waals surface area contributed by atoms with Gasteiger partial charge >= 0.3 is 0 Å². The van der Waals surface area contributed by atoms with Crippen molar-refractivity contribution >= 4 is 52.5 Å². The Labute approximate surface area is 169 Å². The van der Waals surface area contributed by atoms with Crippen LogP contribution in [0.4, 0.5) is 0 Å². The van der Waals surface area contributed by atoms with Crippen LogP contribution in [0.2, 0.25) is 0 Å².